The molecule has 1 unspecified atom stereocenters. The lowest BCUT2D eigenvalue weighted by Gasteiger charge is -2.32. The summed E-state index contributed by atoms with van der Waals surface area (Å²) in [4.78, 5) is 40.3. The summed E-state index contributed by atoms with van der Waals surface area (Å²) >= 11 is 0. The van der Waals surface area contributed by atoms with E-state index in [1.54, 1.807) is 9.80 Å². The predicted octanol–water partition coefficient (Wildman–Crippen LogP) is 1.76. The molecule has 26 heavy (non-hydrogen) atoms. The normalized spacial score (nSPS) is 21.2. The summed E-state index contributed by atoms with van der Waals surface area (Å²) < 4.78 is 4.78. The standard InChI is InChI=1S/C20H26N2O4/c1-14-3-5-15(6-4-14)12-22-13-17(11-18(22)23)19(24)21-9-7-16(8-10-21)20(25)26-2/h3-6,16-17H,7-13H2,1-2H3. The topological polar surface area (TPSA) is 66.9 Å². The Hall–Kier alpha value is -2.37. The van der Waals surface area contributed by atoms with Crippen LogP contribution in [0.2, 0.25) is 0 Å². The summed E-state index contributed by atoms with van der Waals surface area (Å²) in [5.41, 5.74) is 2.26. The molecule has 0 aromatic heterocycles. The van der Waals surface area contributed by atoms with Crippen molar-refractivity contribution in [1.29, 1.82) is 0 Å². The van der Waals surface area contributed by atoms with Gasteiger partial charge in [-0.3, -0.25) is 14.4 Å². The maximum Gasteiger partial charge on any atom is 0.308 e. The van der Waals surface area contributed by atoms with Gasteiger partial charge in [0.05, 0.1) is 18.9 Å². The first-order valence-corrected chi connectivity index (χ1v) is 9.18. The highest BCUT2D eigenvalue weighted by Gasteiger charge is 2.38. The first-order valence-electron chi connectivity index (χ1n) is 9.18. The molecule has 0 bridgehead atoms. The zero-order chi connectivity index (χ0) is 18.7. The van der Waals surface area contributed by atoms with Crippen LogP contribution in [0.1, 0.15) is 30.4 Å². The van der Waals surface area contributed by atoms with Crippen LogP contribution in [0.5, 0.6) is 0 Å². The second-order valence-corrected chi connectivity index (χ2v) is 7.28. The van der Waals surface area contributed by atoms with E-state index >= 15 is 0 Å². The van der Waals surface area contributed by atoms with E-state index < -0.39 is 0 Å². The molecule has 1 aromatic rings. The van der Waals surface area contributed by atoms with Crippen LogP contribution < -0.4 is 0 Å². The van der Waals surface area contributed by atoms with Crippen molar-refractivity contribution in [1.82, 2.24) is 9.80 Å². The Morgan fingerprint density at radius 3 is 2.38 bits per heavy atom. The molecule has 2 amide bonds. The van der Waals surface area contributed by atoms with E-state index in [-0.39, 0.29) is 36.0 Å². The Balaban J connectivity index is 1.54. The Morgan fingerprint density at radius 2 is 1.77 bits per heavy atom. The molecule has 2 aliphatic heterocycles. The van der Waals surface area contributed by atoms with E-state index in [9.17, 15) is 14.4 Å². The van der Waals surface area contributed by atoms with E-state index in [0.29, 0.717) is 39.0 Å². The Morgan fingerprint density at radius 1 is 1.12 bits per heavy atom. The molecule has 2 saturated heterocycles. The van der Waals surface area contributed by atoms with Gasteiger partial charge < -0.3 is 14.5 Å². The number of methoxy groups -OCH3 is 1. The lowest BCUT2D eigenvalue weighted by molar-refractivity contribution is -0.149. The van der Waals surface area contributed by atoms with Crippen LogP contribution in [-0.4, -0.2) is 54.3 Å². The number of carbonyl (C=O) groups excluding carboxylic acids is 3. The van der Waals surface area contributed by atoms with Crippen LogP contribution in [0.3, 0.4) is 0 Å². The van der Waals surface area contributed by atoms with E-state index in [4.69, 9.17) is 4.74 Å². The van der Waals surface area contributed by atoms with E-state index in [1.165, 1.54) is 12.7 Å². The third-order valence-corrected chi connectivity index (χ3v) is 5.40. The lowest BCUT2D eigenvalue weighted by atomic mass is 9.95. The number of aryl methyl sites for hydroxylation is 1. The quantitative estimate of drug-likeness (QED) is 0.769. The monoisotopic (exact) mass is 358 g/mol. The molecule has 2 aliphatic rings. The van der Waals surface area contributed by atoms with E-state index in [0.717, 1.165) is 5.56 Å². The fraction of sp³-hybridized carbons (Fsp3) is 0.550. The average molecular weight is 358 g/mol. The van der Waals surface area contributed by atoms with Crippen molar-refractivity contribution in [2.45, 2.75) is 32.7 Å². The smallest absolute Gasteiger partial charge is 0.308 e. The highest BCUT2D eigenvalue weighted by atomic mass is 16.5. The third-order valence-electron chi connectivity index (χ3n) is 5.40. The van der Waals surface area contributed by atoms with Crippen molar-refractivity contribution in [2.75, 3.05) is 26.7 Å². The number of esters is 1. The van der Waals surface area contributed by atoms with Crippen LogP contribution in [0.15, 0.2) is 24.3 Å². The van der Waals surface area contributed by atoms with Gasteiger partial charge in [-0.1, -0.05) is 29.8 Å². The molecule has 6 heteroatoms. The Kier molecular flexibility index (Phi) is 5.59. The molecule has 6 nitrogen and oxygen atoms in total. The minimum atomic E-state index is -0.275. The number of piperidine rings is 1. The van der Waals surface area contributed by atoms with Crippen molar-refractivity contribution < 1.29 is 19.1 Å². The summed E-state index contributed by atoms with van der Waals surface area (Å²) in [5, 5.41) is 0. The van der Waals surface area contributed by atoms with Crippen LogP contribution >= 0.6 is 0 Å². The molecule has 3 rings (SSSR count). The summed E-state index contributed by atoms with van der Waals surface area (Å²) in [6, 6.07) is 8.11. The number of likely N-dealkylation sites (tertiary alicyclic amines) is 2. The van der Waals surface area contributed by atoms with Crippen molar-refractivity contribution >= 4 is 17.8 Å². The van der Waals surface area contributed by atoms with E-state index in [2.05, 4.69) is 0 Å². The lowest BCUT2D eigenvalue weighted by Crippen LogP contribution is -2.43. The molecule has 0 spiro atoms. The molecule has 2 fully saturated rings. The van der Waals surface area contributed by atoms with Crippen molar-refractivity contribution in [3.8, 4) is 0 Å². The van der Waals surface area contributed by atoms with Crippen molar-refractivity contribution in [3.63, 3.8) is 0 Å². The highest BCUT2D eigenvalue weighted by molar-refractivity contribution is 5.89. The molecule has 2 heterocycles. The molecule has 0 radical (unpaired) electrons. The molecular formula is C20H26N2O4. The SMILES string of the molecule is COC(=O)C1CCN(C(=O)C2CC(=O)N(Cc3ccc(C)cc3)C2)CC1. The maximum absolute atomic E-state index is 12.8. The number of nitrogens with zero attached hydrogens (tertiary/aromatic N) is 2. The minimum absolute atomic E-state index is 0.0353. The van der Waals surface area contributed by atoms with Gasteiger partial charge in [0.25, 0.3) is 0 Å². The first kappa shape index (κ1) is 18.4. The molecular weight excluding hydrogens is 332 g/mol. The molecule has 0 saturated carbocycles. The zero-order valence-corrected chi connectivity index (χ0v) is 15.4. The fourth-order valence-electron chi connectivity index (χ4n) is 3.76. The van der Waals surface area contributed by atoms with Crippen LogP contribution in [0, 0.1) is 18.8 Å². The fourth-order valence-corrected chi connectivity index (χ4v) is 3.76. The number of hydrogen-bond acceptors (Lipinski definition) is 4. The minimum Gasteiger partial charge on any atom is -0.469 e. The average Bonchev–Trinajstić information content (AvgIpc) is 3.03. The van der Waals surface area contributed by atoms with Gasteiger partial charge in [-0.15, -0.1) is 0 Å². The molecule has 0 N–H and O–H groups in total. The second kappa shape index (κ2) is 7.89. The number of amides is 2. The van der Waals surface area contributed by atoms with Crippen LogP contribution in [0.4, 0.5) is 0 Å². The third kappa shape index (κ3) is 4.06. The highest BCUT2D eigenvalue weighted by Crippen LogP contribution is 2.25. The van der Waals surface area contributed by atoms with Crippen molar-refractivity contribution in [3.05, 3.63) is 35.4 Å². The Bertz CT molecular complexity index is 678. The maximum atomic E-state index is 12.8. The number of benzene rings is 1. The van der Waals surface area contributed by atoms with E-state index in [1.807, 2.05) is 31.2 Å². The van der Waals surface area contributed by atoms with Gasteiger partial charge in [0.15, 0.2) is 0 Å². The Labute approximate surface area is 154 Å². The zero-order valence-electron chi connectivity index (χ0n) is 15.4. The van der Waals surface area contributed by atoms with Gasteiger partial charge in [0.1, 0.15) is 0 Å². The van der Waals surface area contributed by atoms with Gasteiger partial charge >= 0.3 is 5.97 Å². The number of rotatable bonds is 4. The summed E-state index contributed by atoms with van der Waals surface area (Å²) in [6.45, 7) is 4.17. The van der Waals surface area contributed by atoms with Crippen LogP contribution in [-0.2, 0) is 25.7 Å². The number of ether oxygens (including phenoxy) is 1. The van der Waals surface area contributed by atoms with Gasteiger partial charge in [0, 0.05) is 32.6 Å². The van der Waals surface area contributed by atoms with Crippen molar-refractivity contribution in [2.24, 2.45) is 11.8 Å². The molecule has 1 aromatic carbocycles. The van der Waals surface area contributed by atoms with Gasteiger partial charge in [-0.2, -0.15) is 0 Å². The van der Waals surface area contributed by atoms with Gasteiger partial charge in [-0.25, -0.2) is 0 Å². The number of carbonyl (C=O) groups is 3. The number of hydrogen-bond donors (Lipinski definition) is 0. The molecule has 0 aliphatic carbocycles. The predicted molar refractivity (Wildman–Crippen MR) is 96.0 cm³/mol. The second-order valence-electron chi connectivity index (χ2n) is 7.28. The largest absolute Gasteiger partial charge is 0.469 e. The van der Waals surface area contributed by atoms with Gasteiger partial charge in [-0.05, 0) is 25.3 Å². The summed E-state index contributed by atoms with van der Waals surface area (Å²) in [6.07, 6.45) is 1.54. The van der Waals surface area contributed by atoms with Crippen LogP contribution in [0.25, 0.3) is 0 Å². The first-order chi connectivity index (χ1) is 12.5. The van der Waals surface area contributed by atoms with Gasteiger partial charge in [0.2, 0.25) is 11.8 Å². The molecule has 140 valence electrons. The molecule has 1 atom stereocenters. The summed E-state index contributed by atoms with van der Waals surface area (Å²) in [7, 11) is 1.40. The summed E-state index contributed by atoms with van der Waals surface area (Å²) in [5.74, 6) is -0.520.